The number of benzene rings is 1. The average Bonchev–Trinajstić information content (AvgIpc) is 2.43. The summed E-state index contributed by atoms with van der Waals surface area (Å²) in [5.74, 6) is -1.07. The van der Waals surface area contributed by atoms with Crippen molar-refractivity contribution in [2.75, 3.05) is 32.6 Å². The zero-order valence-electron chi connectivity index (χ0n) is 11.1. The molecular formula is C13H17ClN2O4. The van der Waals surface area contributed by atoms with Crippen molar-refractivity contribution in [3.63, 3.8) is 0 Å². The van der Waals surface area contributed by atoms with Gasteiger partial charge in [0.1, 0.15) is 0 Å². The first kappa shape index (κ1) is 16.3. The number of amides is 1. The van der Waals surface area contributed by atoms with Crippen molar-refractivity contribution in [1.29, 1.82) is 0 Å². The zero-order valence-corrected chi connectivity index (χ0v) is 11.9. The minimum atomic E-state index is -0.686. The van der Waals surface area contributed by atoms with Crippen molar-refractivity contribution in [3.8, 4) is 0 Å². The van der Waals surface area contributed by atoms with Crippen LogP contribution < -0.4 is 11.1 Å². The van der Waals surface area contributed by atoms with Crippen LogP contribution in [0.5, 0.6) is 0 Å². The van der Waals surface area contributed by atoms with E-state index in [-0.39, 0.29) is 23.1 Å². The van der Waals surface area contributed by atoms with Crippen LogP contribution in [-0.2, 0) is 14.3 Å². The predicted molar refractivity (Wildman–Crippen MR) is 75.6 cm³/mol. The molecule has 0 spiro atoms. The van der Waals surface area contributed by atoms with Crippen LogP contribution in [0.1, 0.15) is 16.8 Å². The maximum atomic E-state index is 11.7. The molecule has 0 aliphatic rings. The molecule has 0 bridgehead atoms. The molecule has 0 aliphatic heterocycles. The molecule has 3 N–H and O–H groups in total. The molecule has 0 fully saturated rings. The Bertz CT molecular complexity index is 479. The van der Waals surface area contributed by atoms with Gasteiger partial charge in [0.25, 0.3) is 5.91 Å². The Kier molecular flexibility index (Phi) is 6.83. The molecule has 0 aliphatic carbocycles. The second kappa shape index (κ2) is 8.39. The second-order valence-corrected chi connectivity index (χ2v) is 4.42. The molecule has 20 heavy (non-hydrogen) atoms. The number of carbonyl (C=O) groups is 2. The fraction of sp³-hybridized carbons (Fsp3) is 0.385. The summed E-state index contributed by atoms with van der Waals surface area (Å²) >= 11 is 5.85. The molecule has 1 rings (SSSR count). The van der Waals surface area contributed by atoms with E-state index in [0.717, 1.165) is 0 Å². The highest BCUT2D eigenvalue weighted by atomic mass is 35.5. The number of hydrogen-bond donors (Lipinski definition) is 2. The summed E-state index contributed by atoms with van der Waals surface area (Å²) in [5, 5.41) is 2.82. The molecule has 0 saturated heterocycles. The molecule has 0 heterocycles. The van der Waals surface area contributed by atoms with E-state index in [2.05, 4.69) is 5.32 Å². The molecule has 7 heteroatoms. The lowest BCUT2D eigenvalue weighted by Gasteiger charge is -2.07. The molecule has 1 aromatic carbocycles. The molecule has 0 atom stereocenters. The average molecular weight is 301 g/mol. The Morgan fingerprint density at radius 3 is 2.85 bits per heavy atom. The number of anilines is 1. The quantitative estimate of drug-likeness (QED) is 0.449. The predicted octanol–water partition coefficient (Wildman–Crippen LogP) is 1.23. The number of nitrogen functional groups attached to an aromatic ring is 1. The van der Waals surface area contributed by atoms with E-state index in [9.17, 15) is 9.59 Å². The highest BCUT2D eigenvalue weighted by molar-refractivity contribution is 6.33. The van der Waals surface area contributed by atoms with E-state index in [1.54, 1.807) is 13.2 Å². The van der Waals surface area contributed by atoms with Gasteiger partial charge in [0.15, 0.2) is 6.61 Å². The maximum absolute atomic E-state index is 11.7. The number of ether oxygens (including phenoxy) is 2. The van der Waals surface area contributed by atoms with Gasteiger partial charge in [0.05, 0.1) is 10.6 Å². The number of methoxy groups -OCH3 is 1. The fourth-order valence-electron chi connectivity index (χ4n) is 1.40. The van der Waals surface area contributed by atoms with Crippen molar-refractivity contribution in [3.05, 3.63) is 28.8 Å². The van der Waals surface area contributed by atoms with Gasteiger partial charge in [0, 0.05) is 25.9 Å². The van der Waals surface area contributed by atoms with Crippen LogP contribution in [0.15, 0.2) is 18.2 Å². The van der Waals surface area contributed by atoms with Crippen LogP contribution in [0.25, 0.3) is 0 Å². The largest absolute Gasteiger partial charge is 0.452 e. The van der Waals surface area contributed by atoms with Crippen LogP contribution >= 0.6 is 11.6 Å². The molecule has 1 amide bonds. The fourth-order valence-corrected chi connectivity index (χ4v) is 1.60. The lowest BCUT2D eigenvalue weighted by molar-refractivity contribution is -0.124. The van der Waals surface area contributed by atoms with E-state index in [1.807, 2.05) is 0 Å². The van der Waals surface area contributed by atoms with Crippen LogP contribution in [0.3, 0.4) is 0 Å². The lowest BCUT2D eigenvalue weighted by Crippen LogP contribution is -2.30. The number of halogens is 1. The van der Waals surface area contributed by atoms with Crippen molar-refractivity contribution in [2.45, 2.75) is 6.42 Å². The third kappa shape index (κ3) is 5.46. The van der Waals surface area contributed by atoms with E-state index < -0.39 is 5.97 Å². The Hall–Kier alpha value is -1.79. The van der Waals surface area contributed by atoms with Crippen molar-refractivity contribution in [2.24, 2.45) is 0 Å². The summed E-state index contributed by atoms with van der Waals surface area (Å²) in [7, 11) is 1.58. The SMILES string of the molecule is COCCCNC(=O)COC(=O)c1cc(N)ccc1Cl. The number of nitrogens with one attached hydrogen (secondary N) is 1. The van der Waals surface area contributed by atoms with Gasteiger partial charge in [-0.3, -0.25) is 4.79 Å². The van der Waals surface area contributed by atoms with Gasteiger partial charge in [-0.2, -0.15) is 0 Å². The van der Waals surface area contributed by atoms with Gasteiger partial charge in [-0.15, -0.1) is 0 Å². The summed E-state index contributed by atoms with van der Waals surface area (Å²) in [6.45, 7) is 0.652. The summed E-state index contributed by atoms with van der Waals surface area (Å²) in [5.41, 5.74) is 6.09. The number of nitrogens with two attached hydrogens (primary N) is 1. The molecule has 0 saturated carbocycles. The molecule has 110 valence electrons. The minimum Gasteiger partial charge on any atom is -0.452 e. The topological polar surface area (TPSA) is 90.6 Å². The Morgan fingerprint density at radius 1 is 1.40 bits per heavy atom. The summed E-state index contributed by atoms with van der Waals surface area (Å²) in [4.78, 5) is 23.1. The Balaban J connectivity index is 2.39. The van der Waals surface area contributed by atoms with Crippen LogP contribution in [0.2, 0.25) is 5.02 Å². The highest BCUT2D eigenvalue weighted by Gasteiger charge is 2.13. The van der Waals surface area contributed by atoms with Gasteiger partial charge < -0.3 is 20.5 Å². The van der Waals surface area contributed by atoms with Gasteiger partial charge in [-0.1, -0.05) is 11.6 Å². The van der Waals surface area contributed by atoms with E-state index in [1.165, 1.54) is 12.1 Å². The van der Waals surface area contributed by atoms with E-state index in [4.69, 9.17) is 26.8 Å². The molecule has 0 aromatic heterocycles. The summed E-state index contributed by atoms with van der Waals surface area (Å²) in [6, 6.07) is 4.47. The van der Waals surface area contributed by atoms with Crippen molar-refractivity contribution in [1.82, 2.24) is 5.32 Å². The molecule has 0 radical (unpaired) electrons. The van der Waals surface area contributed by atoms with Crippen LogP contribution in [0.4, 0.5) is 5.69 Å². The number of carbonyl (C=O) groups excluding carboxylic acids is 2. The summed E-state index contributed by atoms with van der Waals surface area (Å²) in [6.07, 6.45) is 0.692. The third-order valence-corrected chi connectivity index (χ3v) is 2.72. The molecule has 0 unspecified atom stereocenters. The summed E-state index contributed by atoms with van der Waals surface area (Å²) < 4.78 is 9.70. The zero-order chi connectivity index (χ0) is 15.0. The smallest absolute Gasteiger partial charge is 0.340 e. The lowest BCUT2D eigenvalue weighted by atomic mass is 10.2. The Labute approximate surface area is 122 Å². The van der Waals surface area contributed by atoms with E-state index >= 15 is 0 Å². The minimum absolute atomic E-state index is 0.138. The third-order valence-electron chi connectivity index (χ3n) is 2.39. The van der Waals surface area contributed by atoms with Crippen molar-refractivity contribution < 1.29 is 19.1 Å². The van der Waals surface area contributed by atoms with E-state index in [0.29, 0.717) is 25.3 Å². The first-order valence-corrected chi connectivity index (χ1v) is 6.40. The second-order valence-electron chi connectivity index (χ2n) is 4.01. The monoisotopic (exact) mass is 300 g/mol. The van der Waals surface area contributed by atoms with Crippen LogP contribution in [0, 0.1) is 0 Å². The normalized spacial score (nSPS) is 10.1. The van der Waals surface area contributed by atoms with Gasteiger partial charge in [-0.25, -0.2) is 4.79 Å². The maximum Gasteiger partial charge on any atom is 0.340 e. The molecule has 1 aromatic rings. The number of esters is 1. The standard InChI is InChI=1S/C13H17ClN2O4/c1-19-6-2-5-16-12(17)8-20-13(18)10-7-9(15)3-4-11(10)14/h3-4,7H,2,5-6,8,15H2,1H3,(H,16,17). The van der Waals surface area contributed by atoms with Gasteiger partial charge in [0.2, 0.25) is 0 Å². The molecular weight excluding hydrogens is 284 g/mol. The van der Waals surface area contributed by atoms with Gasteiger partial charge in [-0.05, 0) is 24.6 Å². The first-order chi connectivity index (χ1) is 9.54. The van der Waals surface area contributed by atoms with Crippen molar-refractivity contribution >= 4 is 29.2 Å². The van der Waals surface area contributed by atoms with Gasteiger partial charge >= 0.3 is 5.97 Å². The molecule has 6 nitrogen and oxygen atoms in total. The number of hydrogen-bond acceptors (Lipinski definition) is 5. The highest BCUT2D eigenvalue weighted by Crippen LogP contribution is 2.19. The Morgan fingerprint density at radius 2 is 2.15 bits per heavy atom. The van der Waals surface area contributed by atoms with Crippen LogP contribution in [-0.4, -0.2) is 38.7 Å². The first-order valence-electron chi connectivity index (χ1n) is 6.02. The number of rotatable bonds is 7.